The normalized spacial score (nSPS) is 12.1. The number of ether oxygens (including phenoxy) is 1. The molecule has 7 heteroatoms. The Labute approximate surface area is 105 Å². The van der Waals surface area contributed by atoms with Gasteiger partial charge >= 0.3 is 0 Å². The molecule has 1 atom stereocenters. The van der Waals surface area contributed by atoms with Crippen molar-refractivity contribution in [3.05, 3.63) is 11.8 Å². The number of anilines is 1. The number of nitrogens with one attached hydrogen (secondary N) is 2. The molecule has 1 amide bonds. The fourth-order valence-corrected chi connectivity index (χ4v) is 1.38. The summed E-state index contributed by atoms with van der Waals surface area (Å²) >= 11 is 4.83. The molecule has 6 nitrogen and oxygen atoms in total. The van der Waals surface area contributed by atoms with Crippen LogP contribution in [0, 0.1) is 0 Å². The number of rotatable bonds is 6. The summed E-state index contributed by atoms with van der Waals surface area (Å²) in [4.78, 5) is 11.8. The molecular formula is C10H16N4O2S. The van der Waals surface area contributed by atoms with Gasteiger partial charge in [-0.15, -0.1) is 0 Å². The van der Waals surface area contributed by atoms with Crippen molar-refractivity contribution >= 4 is 28.9 Å². The Morgan fingerprint density at radius 2 is 2.47 bits per heavy atom. The van der Waals surface area contributed by atoms with E-state index in [-0.39, 0.29) is 17.0 Å². The Hall–Kier alpha value is -1.47. The van der Waals surface area contributed by atoms with Gasteiger partial charge in [-0.25, -0.2) is 0 Å². The zero-order valence-electron chi connectivity index (χ0n) is 9.82. The van der Waals surface area contributed by atoms with Crippen molar-refractivity contribution in [2.24, 2.45) is 5.73 Å². The number of carbonyl (C=O) groups excluding carboxylic acids is 1. The lowest BCUT2D eigenvalue weighted by Crippen LogP contribution is -2.18. The molecule has 0 bridgehead atoms. The van der Waals surface area contributed by atoms with E-state index in [4.69, 9.17) is 22.7 Å². The lowest BCUT2D eigenvalue weighted by atomic mass is 10.2. The van der Waals surface area contributed by atoms with E-state index in [1.165, 1.54) is 6.20 Å². The van der Waals surface area contributed by atoms with Gasteiger partial charge in [0.2, 0.25) is 5.91 Å². The smallest absolute Gasteiger partial charge is 0.225 e. The average molecular weight is 256 g/mol. The Kier molecular flexibility index (Phi) is 5.05. The third-order valence-corrected chi connectivity index (χ3v) is 2.57. The van der Waals surface area contributed by atoms with E-state index in [1.54, 1.807) is 7.11 Å². The molecule has 0 aliphatic carbocycles. The number of aromatic amines is 1. The number of amides is 1. The zero-order valence-corrected chi connectivity index (χ0v) is 10.6. The van der Waals surface area contributed by atoms with Gasteiger partial charge in [0.15, 0.2) is 0 Å². The minimum absolute atomic E-state index is 0.0533. The van der Waals surface area contributed by atoms with Crippen LogP contribution in [-0.2, 0) is 9.53 Å². The number of methoxy groups -OCH3 is 1. The lowest BCUT2D eigenvalue weighted by molar-refractivity contribution is -0.116. The second-order valence-corrected chi connectivity index (χ2v) is 4.10. The summed E-state index contributed by atoms with van der Waals surface area (Å²) in [7, 11) is 1.61. The number of thiocarbonyl (C=S) groups is 1. The van der Waals surface area contributed by atoms with Crippen LogP contribution in [-0.4, -0.2) is 34.3 Å². The summed E-state index contributed by atoms with van der Waals surface area (Å²) < 4.78 is 5.06. The molecule has 17 heavy (non-hydrogen) atoms. The standard InChI is InChI=1S/C10H16N4O2S/c1-6(16-2)3-4-8(15)13-10-7(9(11)17)5-12-14-10/h5-6H,3-4H2,1-2H3,(H2,11,17)(H2,12,13,14,15). The maximum absolute atomic E-state index is 11.6. The molecule has 0 fully saturated rings. The highest BCUT2D eigenvalue weighted by atomic mass is 32.1. The summed E-state index contributed by atoms with van der Waals surface area (Å²) in [6, 6.07) is 0. The molecular weight excluding hydrogens is 240 g/mol. The Bertz CT molecular complexity index is 405. The molecule has 1 heterocycles. The molecule has 1 rings (SSSR count). The molecule has 1 unspecified atom stereocenters. The van der Waals surface area contributed by atoms with Crippen LogP contribution in [0.4, 0.5) is 5.82 Å². The lowest BCUT2D eigenvalue weighted by Gasteiger charge is -2.09. The summed E-state index contributed by atoms with van der Waals surface area (Å²) in [5.74, 6) is 0.309. The van der Waals surface area contributed by atoms with Gasteiger partial charge in [0.1, 0.15) is 10.8 Å². The molecule has 4 N–H and O–H groups in total. The first-order valence-electron chi connectivity index (χ1n) is 5.20. The largest absolute Gasteiger partial charge is 0.389 e. The van der Waals surface area contributed by atoms with Gasteiger partial charge in [-0.3, -0.25) is 9.89 Å². The van der Waals surface area contributed by atoms with Crippen LogP contribution in [0.2, 0.25) is 0 Å². The van der Waals surface area contributed by atoms with Gasteiger partial charge in [-0.2, -0.15) is 5.10 Å². The molecule has 0 radical (unpaired) electrons. The van der Waals surface area contributed by atoms with E-state index in [1.807, 2.05) is 6.92 Å². The van der Waals surface area contributed by atoms with Crippen molar-refractivity contribution < 1.29 is 9.53 Å². The Morgan fingerprint density at radius 3 is 3.06 bits per heavy atom. The van der Waals surface area contributed by atoms with Crippen molar-refractivity contribution in [3.8, 4) is 0 Å². The number of hydrogen-bond donors (Lipinski definition) is 3. The van der Waals surface area contributed by atoms with Gasteiger partial charge in [0.05, 0.1) is 17.9 Å². The topological polar surface area (TPSA) is 93.0 Å². The van der Waals surface area contributed by atoms with Crippen LogP contribution in [0.1, 0.15) is 25.3 Å². The van der Waals surface area contributed by atoms with Gasteiger partial charge in [0.25, 0.3) is 0 Å². The molecule has 1 aromatic rings. The molecule has 0 saturated carbocycles. The van der Waals surface area contributed by atoms with Crippen LogP contribution in [0.3, 0.4) is 0 Å². The number of carbonyl (C=O) groups is 1. The number of nitrogens with two attached hydrogens (primary N) is 1. The van der Waals surface area contributed by atoms with E-state index in [0.717, 1.165) is 0 Å². The first kappa shape index (κ1) is 13.6. The van der Waals surface area contributed by atoms with E-state index >= 15 is 0 Å². The van der Waals surface area contributed by atoms with Crippen molar-refractivity contribution in [3.63, 3.8) is 0 Å². The third-order valence-electron chi connectivity index (χ3n) is 2.35. The van der Waals surface area contributed by atoms with E-state index < -0.39 is 0 Å². The van der Waals surface area contributed by atoms with Crippen LogP contribution >= 0.6 is 12.2 Å². The fraction of sp³-hybridized carbons (Fsp3) is 0.500. The van der Waals surface area contributed by atoms with Crippen molar-refractivity contribution in [1.29, 1.82) is 0 Å². The highest BCUT2D eigenvalue weighted by molar-refractivity contribution is 7.80. The number of H-pyrrole nitrogens is 1. The molecule has 94 valence electrons. The number of nitrogens with zero attached hydrogens (tertiary/aromatic N) is 1. The molecule has 0 aliphatic rings. The maximum Gasteiger partial charge on any atom is 0.225 e. The van der Waals surface area contributed by atoms with E-state index in [2.05, 4.69) is 15.5 Å². The van der Waals surface area contributed by atoms with Gasteiger partial charge < -0.3 is 15.8 Å². The van der Waals surface area contributed by atoms with Crippen LogP contribution in [0.15, 0.2) is 6.20 Å². The van der Waals surface area contributed by atoms with Crippen molar-refractivity contribution in [2.45, 2.75) is 25.9 Å². The van der Waals surface area contributed by atoms with Crippen molar-refractivity contribution in [2.75, 3.05) is 12.4 Å². The number of hydrogen-bond acceptors (Lipinski definition) is 4. The highest BCUT2D eigenvalue weighted by Crippen LogP contribution is 2.11. The Morgan fingerprint density at radius 1 is 1.76 bits per heavy atom. The summed E-state index contributed by atoms with van der Waals surface area (Å²) in [6.07, 6.45) is 2.55. The summed E-state index contributed by atoms with van der Waals surface area (Å²) in [5.41, 5.74) is 6.01. The summed E-state index contributed by atoms with van der Waals surface area (Å²) in [6.45, 7) is 1.91. The van der Waals surface area contributed by atoms with Gasteiger partial charge in [-0.05, 0) is 13.3 Å². The van der Waals surface area contributed by atoms with Crippen LogP contribution in [0.25, 0.3) is 0 Å². The second-order valence-electron chi connectivity index (χ2n) is 3.66. The van der Waals surface area contributed by atoms with Gasteiger partial charge in [-0.1, -0.05) is 12.2 Å². The first-order chi connectivity index (χ1) is 8.04. The molecule has 0 aliphatic heterocycles. The first-order valence-corrected chi connectivity index (χ1v) is 5.61. The average Bonchev–Trinajstić information content (AvgIpc) is 2.74. The Balaban J connectivity index is 2.51. The maximum atomic E-state index is 11.6. The van der Waals surface area contributed by atoms with Gasteiger partial charge in [0, 0.05) is 13.5 Å². The van der Waals surface area contributed by atoms with Crippen molar-refractivity contribution in [1.82, 2.24) is 10.2 Å². The zero-order chi connectivity index (χ0) is 12.8. The third kappa shape index (κ3) is 4.12. The van der Waals surface area contributed by atoms with Crippen LogP contribution in [0.5, 0.6) is 0 Å². The molecule has 0 aromatic carbocycles. The number of aromatic nitrogens is 2. The quantitative estimate of drug-likeness (QED) is 0.655. The molecule has 0 saturated heterocycles. The minimum atomic E-state index is -0.129. The SMILES string of the molecule is COC(C)CCC(=O)Nc1[nH]ncc1C(N)=S. The predicted octanol–water partition coefficient (Wildman–Crippen LogP) is 0.797. The minimum Gasteiger partial charge on any atom is -0.389 e. The highest BCUT2D eigenvalue weighted by Gasteiger charge is 2.11. The molecule has 0 spiro atoms. The monoisotopic (exact) mass is 256 g/mol. The van der Waals surface area contributed by atoms with E-state index in [0.29, 0.717) is 24.2 Å². The van der Waals surface area contributed by atoms with E-state index in [9.17, 15) is 4.79 Å². The summed E-state index contributed by atoms with van der Waals surface area (Å²) in [5, 5.41) is 9.09. The predicted molar refractivity (Wildman–Crippen MR) is 68.8 cm³/mol. The second kappa shape index (κ2) is 6.31. The fourth-order valence-electron chi connectivity index (χ4n) is 1.22. The van der Waals surface area contributed by atoms with Crippen LogP contribution < -0.4 is 11.1 Å². The molecule has 1 aromatic heterocycles.